The van der Waals surface area contributed by atoms with Crippen LogP contribution in [0.15, 0.2) is 34.9 Å². The maximum Gasteiger partial charge on any atom is 0.222 e. The summed E-state index contributed by atoms with van der Waals surface area (Å²) in [4.78, 5) is 13.2. The van der Waals surface area contributed by atoms with Crippen molar-refractivity contribution in [3.05, 3.63) is 47.6 Å². The van der Waals surface area contributed by atoms with E-state index in [1.54, 1.807) is 0 Å². The predicted octanol–water partition coefficient (Wildman–Crippen LogP) is 3.14. The molecule has 108 valence electrons. The molecule has 0 saturated carbocycles. The average molecular weight is 282 g/mol. The van der Waals surface area contributed by atoms with Gasteiger partial charge in [-0.25, -0.2) is 15.0 Å². The molecule has 0 amide bonds. The van der Waals surface area contributed by atoms with E-state index in [4.69, 9.17) is 4.42 Å². The molecule has 5 heteroatoms. The highest BCUT2D eigenvalue weighted by atomic mass is 16.3. The van der Waals surface area contributed by atoms with Crippen molar-refractivity contribution in [3.63, 3.8) is 0 Å². The average Bonchev–Trinajstić information content (AvgIpc) is 2.91. The summed E-state index contributed by atoms with van der Waals surface area (Å²) in [5, 5.41) is 3.22. The van der Waals surface area contributed by atoms with E-state index in [9.17, 15) is 0 Å². The summed E-state index contributed by atoms with van der Waals surface area (Å²) < 4.78 is 5.68. The predicted molar refractivity (Wildman–Crippen MR) is 82.3 cm³/mol. The molecule has 0 unspecified atom stereocenters. The van der Waals surface area contributed by atoms with Gasteiger partial charge in [0.1, 0.15) is 5.52 Å². The van der Waals surface area contributed by atoms with E-state index in [1.807, 2.05) is 37.4 Å². The Hall–Kier alpha value is -2.43. The maximum absolute atomic E-state index is 5.68. The Morgan fingerprint density at radius 3 is 2.86 bits per heavy atom. The molecule has 2 heterocycles. The zero-order chi connectivity index (χ0) is 14.7. The second kappa shape index (κ2) is 5.91. The second-order valence-electron chi connectivity index (χ2n) is 4.93. The normalized spacial score (nSPS) is 11.0. The highest BCUT2D eigenvalue weighted by Crippen LogP contribution is 2.15. The van der Waals surface area contributed by atoms with Gasteiger partial charge in [0.2, 0.25) is 5.95 Å². The number of oxazole rings is 1. The van der Waals surface area contributed by atoms with Crippen molar-refractivity contribution in [2.45, 2.75) is 26.7 Å². The standard InChI is InChI=1S/C16H18N4O/c1-3-12-11(2)10-18-16(20-12)17-9-8-15-19-13-6-4-5-7-14(13)21-15/h4-7,10H,3,8-9H2,1-2H3,(H,17,18,20). The minimum Gasteiger partial charge on any atom is -0.441 e. The van der Waals surface area contributed by atoms with Crippen LogP contribution >= 0.6 is 0 Å². The summed E-state index contributed by atoms with van der Waals surface area (Å²) in [6, 6.07) is 7.78. The van der Waals surface area contributed by atoms with Crippen molar-refractivity contribution in [2.75, 3.05) is 11.9 Å². The Morgan fingerprint density at radius 1 is 1.19 bits per heavy atom. The van der Waals surface area contributed by atoms with Crippen LogP contribution in [0.5, 0.6) is 0 Å². The Kier molecular flexibility index (Phi) is 3.81. The van der Waals surface area contributed by atoms with E-state index in [-0.39, 0.29) is 0 Å². The number of nitrogens with one attached hydrogen (secondary N) is 1. The van der Waals surface area contributed by atoms with Crippen LogP contribution in [-0.4, -0.2) is 21.5 Å². The Bertz CT molecular complexity index is 718. The van der Waals surface area contributed by atoms with Gasteiger partial charge in [0, 0.05) is 24.9 Å². The van der Waals surface area contributed by atoms with Crippen molar-refractivity contribution in [3.8, 4) is 0 Å². The van der Waals surface area contributed by atoms with Crippen LogP contribution < -0.4 is 5.32 Å². The summed E-state index contributed by atoms with van der Waals surface area (Å²) in [6.07, 6.45) is 3.47. The summed E-state index contributed by atoms with van der Waals surface area (Å²) >= 11 is 0. The smallest absolute Gasteiger partial charge is 0.222 e. The molecule has 21 heavy (non-hydrogen) atoms. The van der Waals surface area contributed by atoms with Crippen molar-refractivity contribution in [2.24, 2.45) is 0 Å². The van der Waals surface area contributed by atoms with E-state index in [2.05, 4.69) is 27.2 Å². The first-order valence-corrected chi connectivity index (χ1v) is 7.17. The van der Waals surface area contributed by atoms with Gasteiger partial charge in [-0.05, 0) is 31.0 Å². The number of para-hydroxylation sites is 2. The molecule has 3 rings (SSSR count). The summed E-state index contributed by atoms with van der Waals surface area (Å²) in [5.74, 6) is 1.39. The van der Waals surface area contributed by atoms with Gasteiger partial charge in [-0.15, -0.1) is 0 Å². The molecule has 0 atom stereocenters. The van der Waals surface area contributed by atoms with Gasteiger partial charge >= 0.3 is 0 Å². The number of benzene rings is 1. The summed E-state index contributed by atoms with van der Waals surface area (Å²) in [7, 11) is 0. The molecule has 1 aromatic carbocycles. The number of rotatable bonds is 5. The Labute approximate surface area is 123 Å². The highest BCUT2D eigenvalue weighted by Gasteiger charge is 2.06. The van der Waals surface area contributed by atoms with Crippen LogP contribution in [0, 0.1) is 6.92 Å². The number of hydrogen-bond donors (Lipinski definition) is 1. The van der Waals surface area contributed by atoms with E-state index in [0.717, 1.165) is 34.7 Å². The SMILES string of the molecule is CCc1nc(NCCc2nc3ccccc3o2)ncc1C. The lowest BCUT2D eigenvalue weighted by Crippen LogP contribution is -2.09. The Morgan fingerprint density at radius 2 is 2.05 bits per heavy atom. The zero-order valence-corrected chi connectivity index (χ0v) is 12.3. The highest BCUT2D eigenvalue weighted by molar-refractivity contribution is 5.72. The van der Waals surface area contributed by atoms with Gasteiger partial charge in [0.15, 0.2) is 11.5 Å². The third kappa shape index (κ3) is 3.02. The van der Waals surface area contributed by atoms with Crippen molar-refractivity contribution in [1.29, 1.82) is 0 Å². The largest absolute Gasteiger partial charge is 0.441 e. The van der Waals surface area contributed by atoms with Crippen LogP contribution in [0.25, 0.3) is 11.1 Å². The molecule has 0 radical (unpaired) electrons. The lowest BCUT2D eigenvalue weighted by molar-refractivity contribution is 0.533. The first-order valence-electron chi connectivity index (χ1n) is 7.17. The van der Waals surface area contributed by atoms with Crippen LogP contribution in [0.4, 0.5) is 5.95 Å². The van der Waals surface area contributed by atoms with E-state index in [1.165, 1.54) is 0 Å². The molecule has 0 fully saturated rings. The summed E-state index contributed by atoms with van der Waals surface area (Å²) in [6.45, 7) is 4.82. The quantitative estimate of drug-likeness (QED) is 0.779. The number of anilines is 1. The fourth-order valence-electron chi connectivity index (χ4n) is 2.23. The molecule has 0 aliphatic heterocycles. The van der Waals surface area contributed by atoms with Gasteiger partial charge < -0.3 is 9.73 Å². The number of fused-ring (bicyclic) bond motifs is 1. The monoisotopic (exact) mass is 282 g/mol. The molecule has 2 aromatic heterocycles. The molecule has 0 aliphatic rings. The van der Waals surface area contributed by atoms with Crippen LogP contribution in [0.1, 0.15) is 24.1 Å². The minimum absolute atomic E-state index is 0.661. The molecule has 5 nitrogen and oxygen atoms in total. The fourth-order valence-corrected chi connectivity index (χ4v) is 2.23. The van der Waals surface area contributed by atoms with Gasteiger partial charge in [-0.1, -0.05) is 19.1 Å². The minimum atomic E-state index is 0.661. The van der Waals surface area contributed by atoms with Crippen LogP contribution in [0.2, 0.25) is 0 Å². The Balaban J connectivity index is 1.63. The number of nitrogens with zero attached hydrogens (tertiary/aromatic N) is 3. The second-order valence-corrected chi connectivity index (χ2v) is 4.93. The van der Waals surface area contributed by atoms with Crippen molar-refractivity contribution in [1.82, 2.24) is 15.0 Å². The topological polar surface area (TPSA) is 63.8 Å². The third-order valence-corrected chi connectivity index (χ3v) is 3.37. The number of hydrogen-bond acceptors (Lipinski definition) is 5. The maximum atomic E-state index is 5.68. The molecular formula is C16H18N4O. The van der Waals surface area contributed by atoms with Gasteiger partial charge in [-0.2, -0.15) is 0 Å². The molecule has 0 saturated heterocycles. The van der Waals surface area contributed by atoms with E-state index < -0.39 is 0 Å². The molecular weight excluding hydrogens is 264 g/mol. The van der Waals surface area contributed by atoms with Gasteiger partial charge in [0.05, 0.1) is 0 Å². The lowest BCUT2D eigenvalue weighted by Gasteiger charge is -2.06. The molecule has 0 bridgehead atoms. The van der Waals surface area contributed by atoms with E-state index in [0.29, 0.717) is 18.9 Å². The first kappa shape index (κ1) is 13.5. The van der Waals surface area contributed by atoms with Crippen molar-refractivity contribution >= 4 is 17.0 Å². The number of aromatic nitrogens is 3. The number of aryl methyl sites for hydroxylation is 2. The summed E-state index contributed by atoms with van der Waals surface area (Å²) in [5.41, 5.74) is 3.93. The molecule has 3 aromatic rings. The lowest BCUT2D eigenvalue weighted by atomic mass is 10.2. The van der Waals surface area contributed by atoms with Gasteiger partial charge in [0.25, 0.3) is 0 Å². The third-order valence-electron chi connectivity index (χ3n) is 3.37. The van der Waals surface area contributed by atoms with Crippen LogP contribution in [0.3, 0.4) is 0 Å². The van der Waals surface area contributed by atoms with Crippen molar-refractivity contribution < 1.29 is 4.42 Å². The first-order chi connectivity index (χ1) is 10.3. The zero-order valence-electron chi connectivity index (χ0n) is 12.3. The molecule has 0 spiro atoms. The van der Waals surface area contributed by atoms with Gasteiger partial charge in [-0.3, -0.25) is 0 Å². The molecule has 1 N–H and O–H groups in total. The fraction of sp³-hybridized carbons (Fsp3) is 0.312. The molecule has 0 aliphatic carbocycles. The van der Waals surface area contributed by atoms with E-state index >= 15 is 0 Å². The van der Waals surface area contributed by atoms with Crippen LogP contribution in [-0.2, 0) is 12.8 Å².